The number of nitrogens with one attached hydrogen (secondary N) is 1. The summed E-state index contributed by atoms with van der Waals surface area (Å²) in [5.41, 5.74) is 3.10. The van der Waals surface area contributed by atoms with Crippen LogP contribution in [0.15, 0.2) is 22.7 Å². The second kappa shape index (κ2) is 6.80. The number of nitrogens with zero attached hydrogens (tertiary/aromatic N) is 1. The van der Waals surface area contributed by atoms with Crippen molar-refractivity contribution in [3.05, 3.63) is 33.8 Å². The molecule has 0 amide bonds. The fourth-order valence-corrected chi connectivity index (χ4v) is 4.34. The van der Waals surface area contributed by atoms with E-state index in [0.717, 1.165) is 0 Å². The van der Waals surface area contributed by atoms with Crippen LogP contribution in [0.1, 0.15) is 44.2 Å². The third-order valence-electron chi connectivity index (χ3n) is 5.10. The minimum Gasteiger partial charge on any atom is -0.313 e. The topological polar surface area (TPSA) is 15.3 Å². The maximum absolute atomic E-state index is 3.66. The maximum atomic E-state index is 3.66. The molecule has 1 aromatic rings. The molecule has 0 saturated carbocycles. The Morgan fingerprint density at radius 2 is 2.14 bits per heavy atom. The molecule has 3 heteroatoms. The highest BCUT2D eigenvalue weighted by Crippen LogP contribution is 2.28. The molecule has 1 N–H and O–H groups in total. The predicted octanol–water partition coefficient (Wildman–Crippen LogP) is 3.77. The Morgan fingerprint density at radius 3 is 2.86 bits per heavy atom. The molecule has 1 aliphatic carbocycles. The molecule has 2 unspecified atom stereocenters. The lowest BCUT2D eigenvalue weighted by molar-refractivity contribution is 0.127. The third-order valence-corrected chi connectivity index (χ3v) is 5.59. The van der Waals surface area contributed by atoms with Crippen molar-refractivity contribution in [2.24, 2.45) is 0 Å². The van der Waals surface area contributed by atoms with E-state index in [1.165, 1.54) is 49.7 Å². The summed E-state index contributed by atoms with van der Waals surface area (Å²) in [5, 5.41) is 3.66. The van der Waals surface area contributed by atoms with Crippen LogP contribution in [-0.2, 0) is 12.8 Å². The molecule has 1 aliphatic heterocycles. The van der Waals surface area contributed by atoms with Gasteiger partial charge in [-0.2, -0.15) is 0 Å². The zero-order valence-electron chi connectivity index (χ0n) is 13.2. The molecule has 0 spiro atoms. The molecule has 0 aromatic heterocycles. The van der Waals surface area contributed by atoms with Gasteiger partial charge in [0.25, 0.3) is 0 Å². The van der Waals surface area contributed by atoms with E-state index < -0.39 is 0 Å². The highest BCUT2D eigenvalue weighted by molar-refractivity contribution is 9.10. The van der Waals surface area contributed by atoms with E-state index in [1.807, 2.05) is 0 Å². The highest BCUT2D eigenvalue weighted by Gasteiger charge is 2.28. The van der Waals surface area contributed by atoms with Crippen molar-refractivity contribution in [2.45, 2.75) is 64.1 Å². The third kappa shape index (κ3) is 3.69. The Labute approximate surface area is 137 Å². The molecule has 1 aromatic carbocycles. The Balaban J connectivity index is 1.70. The van der Waals surface area contributed by atoms with Crippen LogP contribution in [0.3, 0.4) is 0 Å². The molecule has 1 fully saturated rings. The largest absolute Gasteiger partial charge is 0.313 e. The van der Waals surface area contributed by atoms with Gasteiger partial charge in [-0.05, 0) is 75.8 Å². The average molecular weight is 351 g/mol. The first-order valence-electron chi connectivity index (χ1n) is 8.40. The number of aryl methyl sites for hydroxylation is 1. The zero-order chi connectivity index (χ0) is 14.8. The van der Waals surface area contributed by atoms with E-state index in [9.17, 15) is 0 Å². The summed E-state index contributed by atoms with van der Waals surface area (Å²) < 4.78 is 1.22. The monoisotopic (exact) mass is 350 g/mol. The summed E-state index contributed by atoms with van der Waals surface area (Å²) in [4.78, 5) is 2.74. The quantitative estimate of drug-likeness (QED) is 0.888. The first kappa shape index (κ1) is 15.5. The van der Waals surface area contributed by atoms with Crippen molar-refractivity contribution in [1.29, 1.82) is 0 Å². The molecule has 1 heterocycles. The van der Waals surface area contributed by atoms with E-state index in [4.69, 9.17) is 0 Å². The number of hydrogen-bond acceptors (Lipinski definition) is 2. The number of halogens is 1. The van der Waals surface area contributed by atoms with E-state index in [1.54, 1.807) is 11.1 Å². The van der Waals surface area contributed by atoms with Gasteiger partial charge in [0.15, 0.2) is 0 Å². The lowest BCUT2D eigenvalue weighted by atomic mass is 9.87. The minimum absolute atomic E-state index is 0.634. The van der Waals surface area contributed by atoms with Crippen LogP contribution in [0.4, 0.5) is 0 Å². The minimum atomic E-state index is 0.634. The van der Waals surface area contributed by atoms with Crippen LogP contribution in [-0.4, -0.2) is 36.1 Å². The normalized spacial score (nSPS) is 25.6. The number of benzene rings is 1. The Hall–Kier alpha value is -0.380. The molecule has 3 rings (SSSR count). The first-order chi connectivity index (χ1) is 10.1. The number of hydrogen-bond donors (Lipinski definition) is 1. The van der Waals surface area contributed by atoms with E-state index in [2.05, 4.69) is 58.2 Å². The molecule has 2 atom stereocenters. The van der Waals surface area contributed by atoms with Gasteiger partial charge in [-0.3, -0.25) is 4.90 Å². The number of fused-ring (bicyclic) bond motifs is 1. The summed E-state index contributed by atoms with van der Waals surface area (Å²) in [5.74, 6) is 0. The van der Waals surface area contributed by atoms with Gasteiger partial charge in [-0.1, -0.05) is 22.0 Å². The molecule has 0 bridgehead atoms. The Bertz CT molecular complexity index is 480. The number of rotatable bonds is 4. The second-order valence-corrected chi connectivity index (χ2v) is 7.81. The maximum Gasteiger partial charge on any atom is 0.0195 e. The van der Waals surface area contributed by atoms with Crippen molar-refractivity contribution in [3.63, 3.8) is 0 Å². The molecule has 2 aliphatic rings. The van der Waals surface area contributed by atoms with Crippen LogP contribution in [0.2, 0.25) is 0 Å². The lowest BCUT2D eigenvalue weighted by Crippen LogP contribution is -2.48. The van der Waals surface area contributed by atoms with E-state index in [-0.39, 0.29) is 0 Å². The molecular weight excluding hydrogens is 324 g/mol. The zero-order valence-corrected chi connectivity index (χ0v) is 14.8. The smallest absolute Gasteiger partial charge is 0.0195 e. The summed E-state index contributed by atoms with van der Waals surface area (Å²) in [7, 11) is 0. The molecule has 116 valence electrons. The molecule has 2 nitrogen and oxygen atoms in total. The van der Waals surface area contributed by atoms with Crippen LogP contribution >= 0.6 is 15.9 Å². The fourth-order valence-electron chi connectivity index (χ4n) is 3.94. The second-order valence-electron chi connectivity index (χ2n) is 6.89. The molecule has 21 heavy (non-hydrogen) atoms. The van der Waals surface area contributed by atoms with Crippen molar-refractivity contribution >= 4 is 15.9 Å². The molecule has 1 saturated heterocycles. The Kier molecular flexibility index (Phi) is 5.03. The first-order valence-corrected chi connectivity index (χ1v) is 9.19. The van der Waals surface area contributed by atoms with Gasteiger partial charge in [0.1, 0.15) is 0 Å². The van der Waals surface area contributed by atoms with Crippen molar-refractivity contribution in [1.82, 2.24) is 10.2 Å². The van der Waals surface area contributed by atoms with E-state index >= 15 is 0 Å². The van der Waals surface area contributed by atoms with Gasteiger partial charge in [-0.25, -0.2) is 0 Å². The van der Waals surface area contributed by atoms with Gasteiger partial charge in [0.05, 0.1) is 0 Å². The van der Waals surface area contributed by atoms with Gasteiger partial charge in [-0.15, -0.1) is 0 Å². The summed E-state index contributed by atoms with van der Waals surface area (Å²) >= 11 is 3.60. The van der Waals surface area contributed by atoms with Crippen molar-refractivity contribution in [3.8, 4) is 0 Å². The fraction of sp³-hybridized carbons (Fsp3) is 0.667. The molecular formula is C18H27BrN2. The molecule has 0 radical (unpaired) electrons. The Morgan fingerprint density at radius 1 is 1.29 bits per heavy atom. The van der Waals surface area contributed by atoms with Gasteiger partial charge in [0, 0.05) is 29.1 Å². The average Bonchev–Trinajstić information content (AvgIpc) is 2.97. The summed E-state index contributed by atoms with van der Waals surface area (Å²) in [6.07, 6.45) is 6.43. The van der Waals surface area contributed by atoms with Gasteiger partial charge >= 0.3 is 0 Å². The van der Waals surface area contributed by atoms with Crippen molar-refractivity contribution < 1.29 is 0 Å². The van der Waals surface area contributed by atoms with Gasteiger partial charge < -0.3 is 5.32 Å². The van der Waals surface area contributed by atoms with Crippen LogP contribution in [0, 0.1) is 0 Å². The van der Waals surface area contributed by atoms with Crippen LogP contribution in [0.5, 0.6) is 0 Å². The van der Waals surface area contributed by atoms with Crippen LogP contribution < -0.4 is 5.32 Å². The standard InChI is InChI=1S/C18H27BrN2/c1-13(2)21(12-17-4-3-9-20-17)18-8-6-14-10-16(19)7-5-15(14)11-18/h5,7,10,13,17-18,20H,3-4,6,8-9,11-12H2,1-2H3. The highest BCUT2D eigenvalue weighted by atomic mass is 79.9. The predicted molar refractivity (Wildman–Crippen MR) is 92.8 cm³/mol. The van der Waals surface area contributed by atoms with Crippen LogP contribution in [0.25, 0.3) is 0 Å². The summed E-state index contributed by atoms with van der Waals surface area (Å²) in [6, 6.07) is 8.87. The van der Waals surface area contributed by atoms with Gasteiger partial charge in [0.2, 0.25) is 0 Å². The van der Waals surface area contributed by atoms with Crippen molar-refractivity contribution in [2.75, 3.05) is 13.1 Å². The lowest BCUT2D eigenvalue weighted by Gasteiger charge is -2.39. The van der Waals surface area contributed by atoms with E-state index in [0.29, 0.717) is 18.1 Å². The summed E-state index contributed by atoms with van der Waals surface area (Å²) in [6.45, 7) is 7.13. The SMILES string of the molecule is CC(C)N(CC1CCCN1)C1CCc2cc(Br)ccc2C1.